The van der Waals surface area contributed by atoms with Gasteiger partial charge in [0.25, 0.3) is 5.91 Å². The molecule has 2 heterocycles. The molecule has 0 aliphatic heterocycles. The number of nitrogens with one attached hydrogen (secondary N) is 1. The molecule has 12 heteroatoms. The molecule has 29 heavy (non-hydrogen) atoms. The third-order valence-corrected chi connectivity index (χ3v) is 5.77. The third-order valence-electron chi connectivity index (χ3n) is 4.03. The van der Waals surface area contributed by atoms with Crippen LogP contribution in [0.1, 0.15) is 28.8 Å². The summed E-state index contributed by atoms with van der Waals surface area (Å²) < 4.78 is 64.1. The molecule has 1 amide bonds. The summed E-state index contributed by atoms with van der Waals surface area (Å²) in [5.74, 6) is -1.55. The Kier molecular flexibility index (Phi) is 4.99. The minimum absolute atomic E-state index is 0.0896. The Labute approximate surface area is 162 Å². The summed E-state index contributed by atoms with van der Waals surface area (Å²) >= 11 is 0. The summed E-state index contributed by atoms with van der Waals surface area (Å²) in [7, 11) is -3.60. The average Bonchev–Trinajstić information content (AvgIpc) is 3.05. The Balaban J connectivity index is 2.00. The van der Waals surface area contributed by atoms with Crippen molar-refractivity contribution in [3.8, 4) is 5.75 Å². The zero-order chi connectivity index (χ0) is 21.6. The van der Waals surface area contributed by atoms with Gasteiger partial charge in [-0.1, -0.05) is 6.92 Å². The predicted octanol–water partition coefficient (Wildman–Crippen LogP) is 2.81. The topological polar surface area (TPSA) is 114 Å². The Morgan fingerprint density at radius 2 is 1.93 bits per heavy atom. The van der Waals surface area contributed by atoms with Crippen molar-refractivity contribution in [3.63, 3.8) is 0 Å². The number of hydrogen-bond donors (Lipinski definition) is 2. The highest BCUT2D eigenvalue weighted by Crippen LogP contribution is 2.30. The summed E-state index contributed by atoms with van der Waals surface area (Å²) in [6.45, 7) is 2.81. The molecule has 154 valence electrons. The van der Waals surface area contributed by atoms with Gasteiger partial charge in [-0.25, -0.2) is 17.9 Å². The second-order valence-electron chi connectivity index (χ2n) is 6.12. The van der Waals surface area contributed by atoms with E-state index in [-0.39, 0.29) is 27.7 Å². The average molecular weight is 428 g/mol. The monoisotopic (exact) mass is 428 g/mol. The van der Waals surface area contributed by atoms with Crippen LogP contribution in [-0.2, 0) is 16.0 Å². The molecule has 2 aromatic heterocycles. The van der Waals surface area contributed by atoms with Gasteiger partial charge in [0.15, 0.2) is 21.2 Å². The lowest BCUT2D eigenvalue weighted by Gasteiger charge is -2.09. The van der Waals surface area contributed by atoms with E-state index in [4.69, 9.17) is 0 Å². The zero-order valence-electron chi connectivity index (χ0n) is 15.1. The normalized spacial score (nSPS) is 12.3. The minimum atomic E-state index is -4.72. The number of aryl methyl sites for hydroxylation is 1. The van der Waals surface area contributed by atoms with E-state index in [1.165, 1.54) is 19.9 Å². The molecule has 0 aliphatic carbocycles. The maximum absolute atomic E-state index is 13.2. The molecule has 0 atom stereocenters. The highest BCUT2D eigenvalue weighted by atomic mass is 32.2. The van der Waals surface area contributed by atoms with Crippen LogP contribution in [0.4, 0.5) is 18.9 Å². The Hall–Kier alpha value is -3.15. The Morgan fingerprint density at radius 1 is 1.24 bits per heavy atom. The van der Waals surface area contributed by atoms with E-state index in [0.29, 0.717) is 4.52 Å². The van der Waals surface area contributed by atoms with Crippen molar-refractivity contribution in [2.24, 2.45) is 0 Å². The van der Waals surface area contributed by atoms with Gasteiger partial charge in [0.2, 0.25) is 0 Å². The van der Waals surface area contributed by atoms with Crippen LogP contribution < -0.4 is 5.32 Å². The van der Waals surface area contributed by atoms with Gasteiger partial charge in [-0.2, -0.15) is 18.3 Å². The summed E-state index contributed by atoms with van der Waals surface area (Å²) in [6.07, 6.45) is -4.72. The first kappa shape index (κ1) is 20.6. The van der Waals surface area contributed by atoms with Crippen LogP contribution in [0.25, 0.3) is 5.65 Å². The standard InChI is InChI=1S/C17H15F3N4O4S/c1-3-29(27,28)10-4-5-13(25)11(7-10)22-16(26)12-8-15-21-9(2)6-14(17(18,19)20)24(15)23-12/h4-8,25H,3H2,1-2H3,(H,22,26). The van der Waals surface area contributed by atoms with Crippen LogP contribution in [0.2, 0.25) is 0 Å². The molecule has 0 spiro atoms. The van der Waals surface area contributed by atoms with E-state index in [2.05, 4.69) is 15.4 Å². The van der Waals surface area contributed by atoms with Crippen LogP contribution in [0.15, 0.2) is 35.2 Å². The lowest BCUT2D eigenvalue weighted by atomic mass is 10.2. The number of benzene rings is 1. The molecule has 0 radical (unpaired) electrons. The smallest absolute Gasteiger partial charge is 0.433 e. The molecule has 8 nitrogen and oxygen atoms in total. The summed E-state index contributed by atoms with van der Waals surface area (Å²) in [5, 5.41) is 15.8. The van der Waals surface area contributed by atoms with Gasteiger partial charge in [-0.3, -0.25) is 4.79 Å². The number of phenolic OH excluding ortho intramolecular Hbond substituents is 1. The van der Waals surface area contributed by atoms with E-state index in [1.54, 1.807) is 0 Å². The molecular weight excluding hydrogens is 413 g/mol. The maximum Gasteiger partial charge on any atom is 0.433 e. The van der Waals surface area contributed by atoms with Crippen LogP contribution in [-0.4, -0.2) is 39.8 Å². The van der Waals surface area contributed by atoms with Crippen molar-refractivity contribution < 1.29 is 31.5 Å². The number of halogens is 3. The quantitative estimate of drug-likeness (QED) is 0.618. The highest BCUT2D eigenvalue weighted by molar-refractivity contribution is 7.91. The van der Waals surface area contributed by atoms with Crippen LogP contribution >= 0.6 is 0 Å². The number of hydrogen-bond acceptors (Lipinski definition) is 6. The van der Waals surface area contributed by atoms with Crippen molar-refractivity contribution in [2.75, 3.05) is 11.1 Å². The second-order valence-corrected chi connectivity index (χ2v) is 8.39. The number of carbonyl (C=O) groups is 1. The van der Waals surface area contributed by atoms with Gasteiger partial charge >= 0.3 is 6.18 Å². The molecule has 0 saturated carbocycles. The number of aromatic hydroxyl groups is 1. The molecule has 3 aromatic rings. The first-order valence-electron chi connectivity index (χ1n) is 8.24. The molecule has 1 aromatic carbocycles. The molecule has 0 fully saturated rings. The largest absolute Gasteiger partial charge is 0.506 e. The van der Waals surface area contributed by atoms with E-state index in [0.717, 1.165) is 24.3 Å². The maximum atomic E-state index is 13.2. The van der Waals surface area contributed by atoms with Crippen LogP contribution in [0.3, 0.4) is 0 Å². The van der Waals surface area contributed by atoms with Gasteiger partial charge < -0.3 is 10.4 Å². The number of carbonyl (C=O) groups excluding carboxylic acids is 1. The number of nitrogens with zero attached hydrogens (tertiary/aromatic N) is 3. The van der Waals surface area contributed by atoms with E-state index < -0.39 is 39.1 Å². The van der Waals surface area contributed by atoms with E-state index in [9.17, 15) is 31.5 Å². The molecule has 0 saturated heterocycles. The third kappa shape index (κ3) is 4.01. The van der Waals surface area contributed by atoms with Crippen LogP contribution in [0, 0.1) is 6.92 Å². The first-order chi connectivity index (χ1) is 13.4. The fourth-order valence-electron chi connectivity index (χ4n) is 2.57. The number of sulfone groups is 1. The molecular formula is C17H15F3N4O4S. The van der Waals surface area contributed by atoms with Crippen molar-refractivity contribution in [1.29, 1.82) is 0 Å². The van der Waals surface area contributed by atoms with Gasteiger partial charge in [0.05, 0.1) is 16.3 Å². The number of rotatable bonds is 4. The number of fused-ring (bicyclic) bond motifs is 1. The SMILES string of the molecule is CCS(=O)(=O)c1ccc(O)c(NC(=O)c2cc3nc(C)cc(C(F)(F)F)n3n2)c1. The first-order valence-corrected chi connectivity index (χ1v) is 9.89. The van der Waals surface area contributed by atoms with E-state index in [1.807, 2.05) is 0 Å². The van der Waals surface area contributed by atoms with E-state index >= 15 is 0 Å². The van der Waals surface area contributed by atoms with Gasteiger partial charge in [-0.05, 0) is 31.2 Å². The molecule has 0 bridgehead atoms. The second kappa shape index (κ2) is 7.03. The Bertz CT molecular complexity index is 1220. The summed E-state index contributed by atoms with van der Waals surface area (Å²) in [6, 6.07) is 5.19. The van der Waals surface area contributed by atoms with Crippen molar-refractivity contribution in [2.45, 2.75) is 24.9 Å². The summed E-state index contributed by atoms with van der Waals surface area (Å²) in [4.78, 5) is 16.3. The Morgan fingerprint density at radius 3 is 2.55 bits per heavy atom. The molecule has 3 rings (SSSR count). The lowest BCUT2D eigenvalue weighted by Crippen LogP contribution is -2.16. The predicted molar refractivity (Wildman–Crippen MR) is 96.5 cm³/mol. The fraction of sp³-hybridized carbons (Fsp3) is 0.235. The number of phenols is 1. The van der Waals surface area contributed by atoms with Crippen molar-refractivity contribution >= 4 is 27.1 Å². The van der Waals surface area contributed by atoms with Gasteiger partial charge in [0, 0.05) is 11.8 Å². The number of alkyl halides is 3. The zero-order valence-corrected chi connectivity index (χ0v) is 16.0. The van der Waals surface area contributed by atoms with Crippen LogP contribution in [0.5, 0.6) is 5.75 Å². The minimum Gasteiger partial charge on any atom is -0.506 e. The molecule has 0 aliphatic rings. The van der Waals surface area contributed by atoms with Gasteiger partial charge in [-0.15, -0.1) is 0 Å². The van der Waals surface area contributed by atoms with Crippen molar-refractivity contribution in [1.82, 2.24) is 14.6 Å². The van der Waals surface area contributed by atoms with Gasteiger partial charge in [0.1, 0.15) is 11.4 Å². The summed E-state index contributed by atoms with van der Waals surface area (Å²) in [5.41, 5.74) is -1.81. The highest BCUT2D eigenvalue weighted by Gasteiger charge is 2.35. The number of amides is 1. The number of anilines is 1. The lowest BCUT2D eigenvalue weighted by molar-refractivity contribution is -0.142. The number of aromatic nitrogens is 3. The molecule has 0 unspecified atom stereocenters. The van der Waals surface area contributed by atoms with Crippen molar-refractivity contribution in [3.05, 3.63) is 47.4 Å². The fourth-order valence-corrected chi connectivity index (χ4v) is 3.48. The molecule has 2 N–H and O–H groups in total.